The number of azo groups is 1. The first kappa shape index (κ1) is 21.1. The minimum atomic E-state index is -0.546. The maximum Gasteiger partial charge on any atom is 0.302 e. The molecule has 162 valence electrons. The molecular weight excluding hydrogens is 406 g/mol. The van der Waals surface area contributed by atoms with Gasteiger partial charge in [-0.3, -0.25) is 4.79 Å². The molecule has 1 heterocycles. The summed E-state index contributed by atoms with van der Waals surface area (Å²) < 4.78 is 12.9. The molecule has 1 aromatic heterocycles. The van der Waals surface area contributed by atoms with Crippen LogP contribution in [0.2, 0.25) is 0 Å². The van der Waals surface area contributed by atoms with Crippen molar-refractivity contribution in [1.29, 1.82) is 0 Å². The number of para-hydroxylation sites is 2. The van der Waals surface area contributed by atoms with Gasteiger partial charge in [-0.1, -0.05) is 48.5 Å². The third-order valence-electron chi connectivity index (χ3n) is 4.86. The number of carbonyl (C=O) groups excluding carboxylic acids is 1. The molecule has 0 bridgehead atoms. The Bertz CT molecular complexity index is 1250. The summed E-state index contributed by atoms with van der Waals surface area (Å²) in [5.74, 6) is 0.725. The Kier molecular flexibility index (Phi) is 6.46. The molecule has 0 saturated heterocycles. The zero-order valence-corrected chi connectivity index (χ0v) is 17.6. The molecular formula is C25H23N3O4. The Morgan fingerprint density at radius 3 is 2.50 bits per heavy atom. The van der Waals surface area contributed by atoms with Crippen molar-refractivity contribution in [1.82, 2.24) is 4.57 Å². The Balaban J connectivity index is 1.47. The number of carbonyl (C=O) groups is 1. The molecule has 0 unspecified atom stereocenters. The number of hydrogen-bond donors (Lipinski definition) is 1. The first-order valence-corrected chi connectivity index (χ1v) is 10.2. The summed E-state index contributed by atoms with van der Waals surface area (Å²) in [6.45, 7) is 2.46. The van der Waals surface area contributed by atoms with E-state index >= 15 is 0 Å². The normalized spacial score (nSPS) is 11.2. The molecule has 1 N–H and O–H groups in total. The van der Waals surface area contributed by atoms with Crippen LogP contribution in [0.25, 0.3) is 10.9 Å². The number of fused-ring (bicyclic) bond motifs is 1. The van der Waals surface area contributed by atoms with Gasteiger partial charge in [-0.05, 0) is 42.8 Å². The van der Waals surface area contributed by atoms with Crippen molar-refractivity contribution in [3.63, 3.8) is 0 Å². The van der Waals surface area contributed by atoms with Crippen molar-refractivity contribution in [2.24, 2.45) is 10.2 Å². The molecule has 0 aliphatic heterocycles. The van der Waals surface area contributed by atoms with Crippen LogP contribution < -0.4 is 9.47 Å². The van der Waals surface area contributed by atoms with E-state index in [1.165, 1.54) is 0 Å². The fourth-order valence-corrected chi connectivity index (χ4v) is 3.35. The highest BCUT2D eigenvalue weighted by molar-refractivity contribution is 5.95. The largest absolute Gasteiger partial charge is 0.493 e. The maximum absolute atomic E-state index is 12.2. The van der Waals surface area contributed by atoms with E-state index < -0.39 is 5.91 Å². The van der Waals surface area contributed by atoms with Crippen LogP contribution in [0.1, 0.15) is 5.56 Å². The van der Waals surface area contributed by atoms with E-state index in [0.29, 0.717) is 24.3 Å². The van der Waals surface area contributed by atoms with E-state index in [4.69, 9.17) is 9.47 Å². The van der Waals surface area contributed by atoms with Gasteiger partial charge in [-0.25, -0.2) is 0 Å². The smallest absolute Gasteiger partial charge is 0.302 e. The van der Waals surface area contributed by atoms with E-state index in [1.807, 2.05) is 79.7 Å². The lowest BCUT2D eigenvalue weighted by Gasteiger charge is -2.09. The van der Waals surface area contributed by atoms with Gasteiger partial charge >= 0.3 is 5.91 Å². The van der Waals surface area contributed by atoms with Crippen molar-refractivity contribution in [2.45, 2.75) is 13.5 Å². The van der Waals surface area contributed by atoms with Crippen LogP contribution in [0, 0.1) is 6.92 Å². The molecule has 1 amide bonds. The van der Waals surface area contributed by atoms with Crippen molar-refractivity contribution in [3.05, 3.63) is 84.4 Å². The number of hydrogen-bond acceptors (Lipinski definition) is 5. The molecule has 7 heteroatoms. The Labute approximate surface area is 185 Å². The topological polar surface area (TPSA) is 85.4 Å². The van der Waals surface area contributed by atoms with E-state index in [-0.39, 0.29) is 18.2 Å². The van der Waals surface area contributed by atoms with Gasteiger partial charge in [0.2, 0.25) is 5.88 Å². The Morgan fingerprint density at radius 2 is 1.69 bits per heavy atom. The lowest BCUT2D eigenvalue weighted by atomic mass is 10.2. The first-order valence-electron chi connectivity index (χ1n) is 10.2. The average Bonchev–Trinajstić information content (AvgIpc) is 3.08. The van der Waals surface area contributed by atoms with Crippen LogP contribution >= 0.6 is 0 Å². The molecule has 0 fully saturated rings. The van der Waals surface area contributed by atoms with E-state index in [1.54, 1.807) is 10.6 Å². The number of benzene rings is 3. The molecule has 3 aromatic carbocycles. The van der Waals surface area contributed by atoms with Crippen molar-refractivity contribution in [2.75, 3.05) is 13.2 Å². The molecule has 4 aromatic rings. The lowest BCUT2D eigenvalue weighted by molar-refractivity contribution is -0.120. The van der Waals surface area contributed by atoms with Gasteiger partial charge in [0, 0.05) is 5.39 Å². The molecule has 0 radical (unpaired) electrons. The van der Waals surface area contributed by atoms with Crippen LogP contribution in [0.4, 0.5) is 5.69 Å². The number of amides is 1. The van der Waals surface area contributed by atoms with Gasteiger partial charge in [0.25, 0.3) is 0 Å². The number of ether oxygens (including phenoxy) is 2. The van der Waals surface area contributed by atoms with Gasteiger partial charge in [0.1, 0.15) is 18.1 Å². The number of rotatable bonds is 8. The number of nitrogens with zero attached hydrogens (tertiary/aromatic N) is 3. The zero-order valence-electron chi connectivity index (χ0n) is 17.6. The molecule has 0 spiro atoms. The Hall–Kier alpha value is -4.13. The quantitative estimate of drug-likeness (QED) is 0.379. The summed E-state index contributed by atoms with van der Waals surface area (Å²) in [6.07, 6.45) is 0. The lowest BCUT2D eigenvalue weighted by Crippen LogP contribution is -2.08. The zero-order chi connectivity index (χ0) is 22.3. The highest BCUT2D eigenvalue weighted by Crippen LogP contribution is 2.38. The van der Waals surface area contributed by atoms with Gasteiger partial charge < -0.3 is 19.1 Å². The summed E-state index contributed by atoms with van der Waals surface area (Å²) in [5, 5.41) is 19.2. The summed E-state index contributed by atoms with van der Waals surface area (Å²) in [4.78, 5) is 12.2. The third kappa shape index (κ3) is 4.95. The fourth-order valence-electron chi connectivity index (χ4n) is 3.35. The SMILES string of the molecule is Cc1cccc(OCC(=O)N=Nc2c(O)n(CCOc3ccccc3)c3ccccc23)c1. The van der Waals surface area contributed by atoms with Crippen LogP contribution in [0.3, 0.4) is 0 Å². The predicted molar refractivity (Wildman–Crippen MR) is 122 cm³/mol. The van der Waals surface area contributed by atoms with Crippen LogP contribution in [0.15, 0.2) is 89.1 Å². The highest BCUT2D eigenvalue weighted by Gasteiger charge is 2.17. The number of aromatic nitrogens is 1. The number of aromatic hydroxyl groups is 1. The second-order valence-electron chi connectivity index (χ2n) is 7.20. The second-order valence-corrected chi connectivity index (χ2v) is 7.20. The predicted octanol–water partition coefficient (Wildman–Crippen LogP) is 5.42. The molecule has 0 atom stereocenters. The molecule has 7 nitrogen and oxygen atoms in total. The minimum Gasteiger partial charge on any atom is -0.493 e. The summed E-state index contributed by atoms with van der Waals surface area (Å²) in [5.41, 5.74) is 2.05. The minimum absolute atomic E-state index is 0.0704. The van der Waals surface area contributed by atoms with Gasteiger partial charge in [-0.2, -0.15) is 0 Å². The van der Waals surface area contributed by atoms with Crippen LogP contribution in [-0.4, -0.2) is 28.8 Å². The highest BCUT2D eigenvalue weighted by atomic mass is 16.5. The van der Waals surface area contributed by atoms with E-state index in [0.717, 1.165) is 16.8 Å². The van der Waals surface area contributed by atoms with Crippen LogP contribution in [0.5, 0.6) is 17.4 Å². The van der Waals surface area contributed by atoms with E-state index in [9.17, 15) is 9.90 Å². The monoisotopic (exact) mass is 429 g/mol. The maximum atomic E-state index is 12.2. The molecule has 0 saturated carbocycles. The fraction of sp³-hybridized carbons (Fsp3) is 0.160. The second kappa shape index (κ2) is 9.78. The first-order chi connectivity index (χ1) is 15.6. The van der Waals surface area contributed by atoms with Crippen molar-refractivity contribution < 1.29 is 19.4 Å². The molecule has 0 aliphatic carbocycles. The third-order valence-corrected chi connectivity index (χ3v) is 4.86. The average molecular weight is 429 g/mol. The Morgan fingerprint density at radius 1 is 0.938 bits per heavy atom. The van der Waals surface area contributed by atoms with Crippen molar-refractivity contribution >= 4 is 22.5 Å². The number of aryl methyl sites for hydroxylation is 1. The van der Waals surface area contributed by atoms with Crippen LogP contribution in [-0.2, 0) is 11.3 Å². The summed E-state index contributed by atoms with van der Waals surface area (Å²) in [7, 11) is 0. The summed E-state index contributed by atoms with van der Waals surface area (Å²) in [6, 6.07) is 24.3. The molecule has 4 rings (SSSR count). The van der Waals surface area contributed by atoms with Gasteiger partial charge in [0.15, 0.2) is 12.3 Å². The van der Waals surface area contributed by atoms with E-state index in [2.05, 4.69) is 10.2 Å². The van der Waals surface area contributed by atoms with Gasteiger partial charge in [-0.15, -0.1) is 10.2 Å². The molecule has 32 heavy (non-hydrogen) atoms. The van der Waals surface area contributed by atoms with Crippen molar-refractivity contribution in [3.8, 4) is 17.4 Å². The summed E-state index contributed by atoms with van der Waals surface area (Å²) >= 11 is 0. The standard InChI is InChI=1S/C25H23N3O4/c1-18-8-7-11-20(16-18)32-17-23(29)26-27-24-21-12-5-6-13-22(21)28(25(24)30)14-15-31-19-9-3-2-4-10-19/h2-13,16,30H,14-15,17H2,1H3. The molecule has 0 aliphatic rings. The van der Waals surface area contributed by atoms with Gasteiger partial charge in [0.05, 0.1) is 12.1 Å².